The fraction of sp³-hybridized carbons (Fsp3) is 0.238. The van der Waals surface area contributed by atoms with Crippen LogP contribution in [0.5, 0.6) is 0 Å². The molecule has 0 saturated heterocycles. The van der Waals surface area contributed by atoms with Gasteiger partial charge in [-0.15, -0.1) is 0 Å². The number of benzene rings is 2. The molecule has 1 atom stereocenters. The number of carbonyl (C=O) groups excluding carboxylic acids is 2. The lowest BCUT2D eigenvalue weighted by molar-refractivity contribution is -0.118. The smallest absolute Gasteiger partial charge is 0.338 e. The number of para-hydroxylation sites is 1. The van der Waals surface area contributed by atoms with E-state index in [4.69, 9.17) is 15.3 Å². The average Bonchev–Trinajstić information content (AvgIpc) is 3.04. The van der Waals surface area contributed by atoms with Gasteiger partial charge in [0, 0.05) is 11.6 Å². The summed E-state index contributed by atoms with van der Waals surface area (Å²) >= 11 is 0. The Balaban J connectivity index is 2.21. The lowest BCUT2D eigenvalue weighted by Crippen LogP contribution is -2.24. The van der Waals surface area contributed by atoms with Crippen LogP contribution < -0.4 is 10.6 Å². The molecule has 2 aromatic carbocycles. The molecule has 2 N–H and O–H groups in total. The van der Waals surface area contributed by atoms with Crippen molar-refractivity contribution in [1.29, 1.82) is 0 Å². The topological polar surface area (TPSA) is 83.5 Å². The first-order valence-corrected chi connectivity index (χ1v) is 8.78. The molecule has 1 aromatic heterocycles. The number of fused-ring (bicyclic) bond motifs is 1. The number of nitrogens with two attached hydrogens (primary N) is 1. The van der Waals surface area contributed by atoms with E-state index in [9.17, 15) is 9.59 Å². The first kappa shape index (κ1) is 18.5. The maximum absolute atomic E-state index is 12.5. The highest BCUT2D eigenvalue weighted by atomic mass is 16.7. The number of hydrogen-bond donors (Lipinski definition) is 1. The molecule has 0 spiro atoms. The SMILES string of the molecule is CCCOn1cc(C(C(N)=O)c2ccccc2C(=O)OC)c2ccccc21. The van der Waals surface area contributed by atoms with Gasteiger partial charge >= 0.3 is 5.97 Å². The number of ether oxygens (including phenoxy) is 1. The molecule has 0 fully saturated rings. The van der Waals surface area contributed by atoms with E-state index < -0.39 is 17.8 Å². The van der Waals surface area contributed by atoms with E-state index in [1.54, 1.807) is 35.2 Å². The highest BCUT2D eigenvalue weighted by Crippen LogP contribution is 2.33. The van der Waals surface area contributed by atoms with E-state index in [-0.39, 0.29) is 0 Å². The number of methoxy groups -OCH3 is 1. The molecular formula is C21H22N2O4. The molecule has 0 aliphatic carbocycles. The first-order valence-electron chi connectivity index (χ1n) is 8.78. The number of aromatic nitrogens is 1. The highest BCUT2D eigenvalue weighted by molar-refractivity contribution is 5.98. The maximum Gasteiger partial charge on any atom is 0.338 e. The van der Waals surface area contributed by atoms with E-state index in [2.05, 4.69) is 0 Å². The van der Waals surface area contributed by atoms with Crippen molar-refractivity contribution in [3.8, 4) is 0 Å². The maximum atomic E-state index is 12.5. The van der Waals surface area contributed by atoms with E-state index in [0.29, 0.717) is 23.3 Å². The summed E-state index contributed by atoms with van der Waals surface area (Å²) in [6, 6.07) is 14.5. The van der Waals surface area contributed by atoms with Gasteiger partial charge in [-0.1, -0.05) is 43.3 Å². The van der Waals surface area contributed by atoms with Crippen LogP contribution in [0.2, 0.25) is 0 Å². The summed E-state index contributed by atoms with van der Waals surface area (Å²) in [7, 11) is 1.31. The van der Waals surface area contributed by atoms with Gasteiger partial charge in [0.25, 0.3) is 0 Å². The zero-order valence-corrected chi connectivity index (χ0v) is 15.3. The Morgan fingerprint density at radius 2 is 1.78 bits per heavy atom. The predicted molar refractivity (Wildman–Crippen MR) is 102 cm³/mol. The lowest BCUT2D eigenvalue weighted by Gasteiger charge is -2.16. The van der Waals surface area contributed by atoms with Crippen LogP contribution in [0.3, 0.4) is 0 Å². The molecule has 1 heterocycles. The molecule has 1 amide bonds. The van der Waals surface area contributed by atoms with Crippen LogP contribution in [-0.4, -0.2) is 30.3 Å². The second-order valence-electron chi connectivity index (χ2n) is 6.17. The second kappa shape index (κ2) is 7.95. The van der Waals surface area contributed by atoms with E-state index in [1.165, 1.54) is 7.11 Å². The van der Waals surface area contributed by atoms with Crippen molar-refractivity contribution in [1.82, 2.24) is 4.73 Å². The zero-order valence-electron chi connectivity index (χ0n) is 15.3. The van der Waals surface area contributed by atoms with Crippen LogP contribution in [-0.2, 0) is 9.53 Å². The molecule has 27 heavy (non-hydrogen) atoms. The summed E-state index contributed by atoms with van der Waals surface area (Å²) in [6.07, 6.45) is 2.62. The Hall–Kier alpha value is -3.28. The van der Waals surface area contributed by atoms with Crippen LogP contribution >= 0.6 is 0 Å². The Morgan fingerprint density at radius 1 is 1.07 bits per heavy atom. The van der Waals surface area contributed by atoms with Gasteiger partial charge in [-0.2, -0.15) is 4.73 Å². The van der Waals surface area contributed by atoms with Crippen molar-refractivity contribution in [3.63, 3.8) is 0 Å². The monoisotopic (exact) mass is 366 g/mol. The standard InChI is InChI=1S/C21H22N2O4/c1-3-12-27-23-13-17(14-8-6-7-11-18(14)23)19(20(22)24)15-9-4-5-10-16(15)21(25)26-2/h4-11,13,19H,3,12H2,1-2H3,(H2,22,24). The van der Waals surface area contributed by atoms with Crippen molar-refractivity contribution in [2.45, 2.75) is 19.3 Å². The number of nitrogens with zero attached hydrogens (tertiary/aromatic N) is 1. The van der Waals surface area contributed by atoms with Crippen LogP contribution in [0.15, 0.2) is 54.7 Å². The van der Waals surface area contributed by atoms with Gasteiger partial charge in [0.2, 0.25) is 5.91 Å². The van der Waals surface area contributed by atoms with Crippen molar-refractivity contribution in [2.75, 3.05) is 13.7 Å². The Kier molecular flexibility index (Phi) is 5.45. The summed E-state index contributed by atoms with van der Waals surface area (Å²) in [4.78, 5) is 30.4. The third-order valence-corrected chi connectivity index (χ3v) is 4.42. The third kappa shape index (κ3) is 3.51. The summed E-state index contributed by atoms with van der Waals surface area (Å²) in [5.41, 5.74) is 8.12. The highest BCUT2D eigenvalue weighted by Gasteiger charge is 2.29. The Bertz CT molecular complexity index is 977. The summed E-state index contributed by atoms with van der Waals surface area (Å²) in [5, 5.41) is 0.845. The molecule has 6 nitrogen and oxygen atoms in total. The molecule has 0 aliphatic rings. The molecule has 0 bridgehead atoms. The number of carbonyl (C=O) groups is 2. The molecule has 1 unspecified atom stereocenters. The molecule has 3 rings (SSSR count). The van der Waals surface area contributed by atoms with Gasteiger partial charge in [0.05, 0.1) is 24.1 Å². The molecular weight excluding hydrogens is 344 g/mol. The van der Waals surface area contributed by atoms with Gasteiger partial charge in [0.15, 0.2) is 0 Å². The molecule has 0 saturated carbocycles. The van der Waals surface area contributed by atoms with E-state index in [0.717, 1.165) is 17.3 Å². The summed E-state index contributed by atoms with van der Waals surface area (Å²) in [6.45, 7) is 2.56. The minimum Gasteiger partial charge on any atom is -0.465 e. The van der Waals surface area contributed by atoms with Crippen molar-refractivity contribution >= 4 is 22.8 Å². The van der Waals surface area contributed by atoms with E-state index >= 15 is 0 Å². The molecule has 0 aliphatic heterocycles. The summed E-state index contributed by atoms with van der Waals surface area (Å²) in [5.74, 6) is -1.87. The van der Waals surface area contributed by atoms with E-state index in [1.807, 2.05) is 31.2 Å². The van der Waals surface area contributed by atoms with Crippen LogP contribution in [0.25, 0.3) is 10.9 Å². The van der Waals surface area contributed by atoms with Crippen molar-refractivity contribution in [2.24, 2.45) is 5.73 Å². The quantitative estimate of drug-likeness (QED) is 0.652. The number of hydrogen-bond acceptors (Lipinski definition) is 4. The Labute approximate surface area is 157 Å². The zero-order chi connectivity index (χ0) is 19.4. The minimum absolute atomic E-state index is 0.315. The van der Waals surface area contributed by atoms with Crippen LogP contribution in [0, 0.1) is 0 Å². The molecule has 0 radical (unpaired) electrons. The number of esters is 1. The number of primary amides is 1. The minimum atomic E-state index is -0.809. The second-order valence-corrected chi connectivity index (χ2v) is 6.17. The predicted octanol–water partition coefficient (Wildman–Crippen LogP) is 2.88. The molecule has 140 valence electrons. The molecule has 3 aromatic rings. The van der Waals surface area contributed by atoms with Crippen molar-refractivity contribution < 1.29 is 19.2 Å². The Morgan fingerprint density at radius 3 is 2.48 bits per heavy atom. The number of rotatable bonds is 7. The fourth-order valence-electron chi connectivity index (χ4n) is 3.22. The fourth-order valence-corrected chi connectivity index (χ4v) is 3.22. The van der Waals surface area contributed by atoms with Gasteiger partial charge in [-0.3, -0.25) is 4.79 Å². The molecule has 6 heteroatoms. The van der Waals surface area contributed by atoms with Gasteiger partial charge < -0.3 is 15.3 Å². The lowest BCUT2D eigenvalue weighted by atomic mass is 9.87. The average molecular weight is 366 g/mol. The third-order valence-electron chi connectivity index (χ3n) is 4.42. The normalized spacial score (nSPS) is 11.9. The van der Waals surface area contributed by atoms with Gasteiger partial charge in [-0.05, 0) is 29.7 Å². The van der Waals surface area contributed by atoms with Crippen LogP contribution in [0.4, 0.5) is 0 Å². The largest absolute Gasteiger partial charge is 0.465 e. The first-order chi connectivity index (χ1) is 13.1. The van der Waals surface area contributed by atoms with Gasteiger partial charge in [0.1, 0.15) is 6.61 Å². The van der Waals surface area contributed by atoms with Crippen LogP contribution in [0.1, 0.15) is 40.7 Å². The van der Waals surface area contributed by atoms with Gasteiger partial charge in [-0.25, -0.2) is 4.79 Å². The van der Waals surface area contributed by atoms with Crippen molar-refractivity contribution in [3.05, 3.63) is 71.4 Å². The number of amides is 1. The summed E-state index contributed by atoms with van der Waals surface area (Å²) < 4.78 is 6.53.